The molecule has 1 aliphatic heterocycles. The van der Waals surface area contributed by atoms with Crippen LogP contribution in [0.1, 0.15) is 25.8 Å². The number of benzene rings is 1. The van der Waals surface area contributed by atoms with Crippen molar-refractivity contribution in [3.63, 3.8) is 0 Å². The summed E-state index contributed by atoms with van der Waals surface area (Å²) in [5, 5.41) is 12.2. The maximum Gasteiger partial charge on any atom is 0.357 e. The van der Waals surface area contributed by atoms with Gasteiger partial charge >= 0.3 is 6.03 Å². The second-order valence-electron chi connectivity index (χ2n) is 7.67. The molecule has 1 aromatic carbocycles. The Kier molecular flexibility index (Phi) is 6.04. The molecular weight excluding hydrogens is 426 g/mol. The molecule has 12 heteroatoms. The highest BCUT2D eigenvalue weighted by molar-refractivity contribution is 7.13. The van der Waals surface area contributed by atoms with Gasteiger partial charge in [0.25, 0.3) is 17.0 Å². The summed E-state index contributed by atoms with van der Waals surface area (Å²) in [5.74, 6) is -4.15. The average molecular weight is 447 g/mol. The van der Waals surface area contributed by atoms with E-state index in [1.807, 2.05) is 20.8 Å². The zero-order chi connectivity index (χ0) is 22.9. The van der Waals surface area contributed by atoms with E-state index in [0.717, 1.165) is 19.2 Å². The number of hydrogen-bond acceptors (Lipinski definition) is 9. The van der Waals surface area contributed by atoms with E-state index < -0.39 is 29.7 Å². The van der Waals surface area contributed by atoms with Gasteiger partial charge in [0.1, 0.15) is 10.8 Å². The quantitative estimate of drug-likeness (QED) is 0.690. The number of nitrogens with one attached hydrogen (secondary N) is 1. The summed E-state index contributed by atoms with van der Waals surface area (Å²) in [5.41, 5.74) is 0.187. The fourth-order valence-electron chi connectivity index (χ4n) is 2.61. The van der Waals surface area contributed by atoms with Crippen LogP contribution in [-0.4, -0.2) is 58.1 Å². The van der Waals surface area contributed by atoms with Crippen LogP contribution >= 0.6 is 11.3 Å². The number of hydroxylamine groups is 2. The smallest absolute Gasteiger partial charge is 0.357 e. The van der Waals surface area contributed by atoms with Gasteiger partial charge in [-0.3, -0.25) is 24.1 Å². The third-order valence-electron chi connectivity index (χ3n) is 4.31. The number of rotatable bonds is 5. The fourth-order valence-corrected chi connectivity index (χ4v) is 3.38. The monoisotopic (exact) mass is 447 g/mol. The van der Waals surface area contributed by atoms with Crippen LogP contribution in [0.2, 0.25) is 0 Å². The summed E-state index contributed by atoms with van der Waals surface area (Å²) in [4.78, 5) is 54.4. The third-order valence-corrected chi connectivity index (χ3v) is 5.53. The molecule has 1 saturated heterocycles. The van der Waals surface area contributed by atoms with Gasteiger partial charge in [-0.15, -0.1) is 10.2 Å². The van der Waals surface area contributed by atoms with Gasteiger partial charge in [-0.2, -0.15) is 0 Å². The standard InChI is InChI=1S/C19H21N5O6S/c1-19(2,3)16-21-22-17(31-16)30-11-8-6-10(7-9-11)20-13(25)12-14(26)23(4)18(28)24(29-5)15(12)27/h6-9,12H,1-5H3,(H,20,25). The van der Waals surface area contributed by atoms with Crippen LogP contribution in [0.5, 0.6) is 10.9 Å². The molecule has 1 unspecified atom stereocenters. The van der Waals surface area contributed by atoms with Crippen molar-refractivity contribution in [1.82, 2.24) is 20.2 Å². The normalized spacial score (nSPS) is 17.2. The molecule has 11 nitrogen and oxygen atoms in total. The first-order chi connectivity index (χ1) is 14.5. The first-order valence-electron chi connectivity index (χ1n) is 9.15. The Morgan fingerprint density at radius 2 is 1.74 bits per heavy atom. The molecule has 1 fully saturated rings. The van der Waals surface area contributed by atoms with Crippen molar-refractivity contribution in [2.75, 3.05) is 19.5 Å². The topological polar surface area (TPSA) is 131 Å². The van der Waals surface area contributed by atoms with Gasteiger partial charge in [-0.25, -0.2) is 4.79 Å². The molecule has 0 aliphatic carbocycles. The van der Waals surface area contributed by atoms with Gasteiger partial charge in [-0.05, 0) is 24.3 Å². The van der Waals surface area contributed by atoms with E-state index in [1.165, 1.54) is 11.3 Å². The first kappa shape index (κ1) is 22.3. The van der Waals surface area contributed by atoms with E-state index in [2.05, 4.69) is 15.5 Å². The van der Waals surface area contributed by atoms with Crippen LogP contribution in [0.25, 0.3) is 0 Å². The Hall–Kier alpha value is -3.38. The Bertz CT molecular complexity index is 1030. The Labute approximate surface area is 181 Å². The van der Waals surface area contributed by atoms with Crippen molar-refractivity contribution < 1.29 is 28.8 Å². The zero-order valence-electron chi connectivity index (χ0n) is 17.5. The van der Waals surface area contributed by atoms with Crippen LogP contribution < -0.4 is 10.1 Å². The fraction of sp³-hybridized carbons (Fsp3) is 0.368. The van der Waals surface area contributed by atoms with Gasteiger partial charge in [-0.1, -0.05) is 37.2 Å². The van der Waals surface area contributed by atoms with Gasteiger partial charge in [0.15, 0.2) is 5.92 Å². The number of carbonyl (C=O) groups is 4. The Balaban J connectivity index is 1.68. The Morgan fingerprint density at radius 3 is 2.29 bits per heavy atom. The maximum absolute atomic E-state index is 12.6. The van der Waals surface area contributed by atoms with E-state index >= 15 is 0 Å². The SMILES string of the molecule is CON1C(=O)C(C(=O)Nc2ccc(Oc3nnc(C(C)(C)C)s3)cc2)C(=O)N(C)C1=O. The molecule has 1 aliphatic rings. The minimum Gasteiger partial charge on any atom is -0.430 e. The van der Waals surface area contributed by atoms with Crippen LogP contribution in [0.4, 0.5) is 10.5 Å². The minimum absolute atomic E-state index is 0.140. The Morgan fingerprint density at radius 1 is 1.10 bits per heavy atom. The van der Waals surface area contributed by atoms with Crippen LogP contribution in [0, 0.1) is 5.92 Å². The molecule has 0 spiro atoms. The highest BCUT2D eigenvalue weighted by Crippen LogP contribution is 2.32. The summed E-state index contributed by atoms with van der Waals surface area (Å²) in [6, 6.07) is 5.30. The number of carbonyl (C=O) groups excluding carboxylic acids is 4. The van der Waals surface area contributed by atoms with Crippen molar-refractivity contribution in [1.29, 1.82) is 0 Å². The molecule has 2 heterocycles. The molecule has 5 amide bonds. The zero-order valence-corrected chi connectivity index (χ0v) is 18.3. The second-order valence-corrected chi connectivity index (χ2v) is 8.61. The number of urea groups is 1. The predicted octanol–water partition coefficient (Wildman–Crippen LogP) is 2.16. The van der Waals surface area contributed by atoms with E-state index in [1.54, 1.807) is 24.3 Å². The lowest BCUT2D eigenvalue weighted by Gasteiger charge is -2.32. The molecule has 164 valence electrons. The molecular formula is C19H21N5O6S. The molecule has 1 aromatic heterocycles. The number of ether oxygens (including phenoxy) is 1. The number of hydrogen-bond donors (Lipinski definition) is 1. The van der Waals surface area contributed by atoms with Crippen molar-refractivity contribution in [3.8, 4) is 10.9 Å². The average Bonchev–Trinajstić information content (AvgIpc) is 3.17. The van der Waals surface area contributed by atoms with E-state index in [-0.39, 0.29) is 5.41 Å². The lowest BCUT2D eigenvalue weighted by Crippen LogP contribution is -2.60. The number of imide groups is 2. The molecule has 0 bridgehead atoms. The van der Waals surface area contributed by atoms with Crippen molar-refractivity contribution in [3.05, 3.63) is 29.3 Å². The number of nitrogens with zero attached hydrogens (tertiary/aromatic N) is 4. The van der Waals surface area contributed by atoms with Crippen molar-refractivity contribution in [2.45, 2.75) is 26.2 Å². The molecule has 3 rings (SSSR count). The second kappa shape index (κ2) is 8.40. The largest absolute Gasteiger partial charge is 0.430 e. The minimum atomic E-state index is -1.74. The van der Waals surface area contributed by atoms with Gasteiger partial charge in [0, 0.05) is 18.2 Å². The van der Waals surface area contributed by atoms with Gasteiger partial charge in [0.05, 0.1) is 7.11 Å². The van der Waals surface area contributed by atoms with Gasteiger partial charge < -0.3 is 10.1 Å². The molecule has 2 aromatic rings. The summed E-state index contributed by atoms with van der Waals surface area (Å²) < 4.78 is 5.68. The highest BCUT2D eigenvalue weighted by Gasteiger charge is 2.49. The first-order valence-corrected chi connectivity index (χ1v) is 9.97. The number of aromatic nitrogens is 2. The molecule has 1 atom stereocenters. The maximum atomic E-state index is 12.6. The predicted molar refractivity (Wildman–Crippen MR) is 109 cm³/mol. The lowest BCUT2D eigenvalue weighted by molar-refractivity contribution is -0.178. The number of barbiturate groups is 1. The number of amides is 5. The third kappa shape index (κ3) is 4.54. The van der Waals surface area contributed by atoms with Crippen LogP contribution in [-0.2, 0) is 24.6 Å². The summed E-state index contributed by atoms with van der Waals surface area (Å²) in [7, 11) is 2.25. The molecule has 0 radical (unpaired) electrons. The van der Waals surface area contributed by atoms with E-state index in [9.17, 15) is 19.2 Å². The van der Waals surface area contributed by atoms with E-state index in [4.69, 9.17) is 9.57 Å². The van der Waals surface area contributed by atoms with Crippen molar-refractivity contribution in [2.24, 2.45) is 5.92 Å². The van der Waals surface area contributed by atoms with Gasteiger partial charge in [0.2, 0.25) is 5.91 Å². The summed E-state index contributed by atoms with van der Waals surface area (Å²) >= 11 is 1.33. The number of anilines is 1. The van der Waals surface area contributed by atoms with Crippen LogP contribution in [0.15, 0.2) is 24.3 Å². The van der Waals surface area contributed by atoms with Crippen LogP contribution in [0.3, 0.4) is 0 Å². The molecule has 31 heavy (non-hydrogen) atoms. The summed E-state index contributed by atoms with van der Waals surface area (Å²) in [6.45, 7) is 6.07. The summed E-state index contributed by atoms with van der Waals surface area (Å²) in [6.07, 6.45) is 0. The molecule has 1 N–H and O–H groups in total. The van der Waals surface area contributed by atoms with E-state index in [0.29, 0.717) is 26.6 Å². The van der Waals surface area contributed by atoms with Crippen molar-refractivity contribution >= 4 is 40.8 Å². The lowest BCUT2D eigenvalue weighted by atomic mass is 9.98. The molecule has 0 saturated carbocycles. The highest BCUT2D eigenvalue weighted by atomic mass is 32.1.